The molecule has 0 aliphatic carbocycles. The Morgan fingerprint density at radius 2 is 1.68 bits per heavy atom. The van der Waals surface area contributed by atoms with Gasteiger partial charge < -0.3 is 11.5 Å². The van der Waals surface area contributed by atoms with E-state index >= 15 is 0 Å². The molecule has 1 atom stereocenters. The smallest absolute Gasteiger partial charge is 0.403 e. The second-order valence-corrected chi connectivity index (χ2v) is 5.81. The van der Waals surface area contributed by atoms with Crippen LogP contribution >= 0.6 is 11.6 Å². The minimum atomic E-state index is -4.88. The quantitative estimate of drug-likeness (QED) is 0.356. The Hall–Kier alpha value is -2.49. The van der Waals surface area contributed by atoms with Gasteiger partial charge in [-0.15, -0.1) is 0 Å². The summed E-state index contributed by atoms with van der Waals surface area (Å²) in [6, 6.07) is 3.28. The first-order chi connectivity index (χ1) is 12.8. The fraction of sp³-hybridized carbons (Fsp3) is 0.235. The van der Waals surface area contributed by atoms with E-state index in [0.717, 1.165) is 30.5 Å². The molecule has 0 saturated carbocycles. The van der Waals surface area contributed by atoms with E-state index in [1.807, 2.05) is 0 Å². The molecule has 1 aromatic carbocycles. The van der Waals surface area contributed by atoms with E-state index in [1.54, 1.807) is 0 Å². The third-order valence-corrected chi connectivity index (χ3v) is 3.40. The molecule has 0 spiro atoms. The highest BCUT2D eigenvalue weighted by Gasteiger charge is 2.32. The van der Waals surface area contributed by atoms with Crippen LogP contribution in [0.2, 0.25) is 0 Å². The summed E-state index contributed by atoms with van der Waals surface area (Å²) in [7, 11) is 0. The van der Waals surface area contributed by atoms with Gasteiger partial charge in [0.15, 0.2) is 0 Å². The minimum Gasteiger partial charge on any atom is -0.403 e. The van der Waals surface area contributed by atoms with Gasteiger partial charge in [-0.25, -0.2) is 4.39 Å². The molecule has 1 aromatic rings. The van der Waals surface area contributed by atoms with Crippen LogP contribution in [-0.4, -0.2) is 18.1 Å². The van der Waals surface area contributed by atoms with Crippen molar-refractivity contribution in [1.82, 2.24) is 0 Å². The monoisotopic (exact) mass is 429 g/mol. The minimum absolute atomic E-state index is 0.00535. The first-order valence-corrected chi connectivity index (χ1v) is 7.89. The fourth-order valence-electron chi connectivity index (χ4n) is 1.81. The van der Waals surface area contributed by atoms with Gasteiger partial charge in [-0.05, 0) is 42.5 Å². The lowest BCUT2D eigenvalue weighted by Crippen LogP contribution is -2.21. The SMILES string of the molecule is N/C=C(Cl)\C=C/C(F)CC(C=C(N)C(F)(F)F)=Nc1ccc(C(F)(F)F)cc1. The molecule has 1 rings (SSSR count). The number of allylic oxidation sites excluding steroid dienone is 5. The van der Waals surface area contributed by atoms with Crippen LogP contribution in [0.15, 0.2) is 64.4 Å². The van der Waals surface area contributed by atoms with Crippen molar-refractivity contribution in [2.75, 3.05) is 0 Å². The first kappa shape index (κ1) is 23.5. The predicted molar refractivity (Wildman–Crippen MR) is 93.6 cm³/mol. The molecular formula is C17H15ClF7N3. The largest absolute Gasteiger partial charge is 0.430 e. The van der Waals surface area contributed by atoms with Crippen LogP contribution in [0.4, 0.5) is 36.4 Å². The van der Waals surface area contributed by atoms with E-state index in [1.165, 1.54) is 0 Å². The van der Waals surface area contributed by atoms with Crippen molar-refractivity contribution in [3.63, 3.8) is 0 Å². The van der Waals surface area contributed by atoms with Crippen LogP contribution in [0.3, 0.4) is 0 Å². The maximum atomic E-state index is 14.0. The van der Waals surface area contributed by atoms with E-state index in [0.29, 0.717) is 18.2 Å². The van der Waals surface area contributed by atoms with E-state index in [4.69, 9.17) is 23.1 Å². The number of nitrogens with two attached hydrogens (primary N) is 2. The molecule has 1 unspecified atom stereocenters. The molecule has 154 valence electrons. The zero-order valence-corrected chi connectivity index (χ0v) is 14.8. The number of aliphatic imine (C=N–C) groups is 1. The molecule has 0 radical (unpaired) electrons. The summed E-state index contributed by atoms with van der Waals surface area (Å²) in [5.74, 6) is 0. The summed E-state index contributed by atoms with van der Waals surface area (Å²) in [6.45, 7) is 0. The van der Waals surface area contributed by atoms with Crippen molar-refractivity contribution in [2.24, 2.45) is 16.5 Å². The summed E-state index contributed by atoms with van der Waals surface area (Å²) in [5, 5.41) is -0.00535. The summed E-state index contributed by atoms with van der Waals surface area (Å²) in [5.41, 5.74) is 6.99. The van der Waals surface area contributed by atoms with Gasteiger partial charge >= 0.3 is 12.4 Å². The third-order valence-electron chi connectivity index (χ3n) is 3.14. The third kappa shape index (κ3) is 8.03. The zero-order valence-electron chi connectivity index (χ0n) is 14.0. The van der Waals surface area contributed by atoms with E-state index in [2.05, 4.69) is 4.99 Å². The summed E-state index contributed by atoms with van der Waals surface area (Å²) >= 11 is 5.55. The molecule has 0 aliphatic heterocycles. The van der Waals surface area contributed by atoms with Crippen LogP contribution in [0.25, 0.3) is 0 Å². The highest BCUT2D eigenvalue weighted by molar-refractivity contribution is 6.31. The lowest BCUT2D eigenvalue weighted by Gasteiger charge is -2.10. The molecule has 0 amide bonds. The van der Waals surface area contributed by atoms with Gasteiger partial charge in [0.1, 0.15) is 11.9 Å². The molecule has 28 heavy (non-hydrogen) atoms. The number of nitrogens with zero attached hydrogens (tertiary/aromatic N) is 1. The number of alkyl halides is 7. The zero-order chi connectivity index (χ0) is 21.5. The molecule has 0 fully saturated rings. The maximum absolute atomic E-state index is 14.0. The second-order valence-electron chi connectivity index (χ2n) is 5.38. The molecule has 0 aromatic heterocycles. The van der Waals surface area contributed by atoms with E-state index in [9.17, 15) is 30.7 Å². The molecule has 4 N–H and O–H groups in total. The summed E-state index contributed by atoms with van der Waals surface area (Å²) in [4.78, 5) is 3.77. The topological polar surface area (TPSA) is 64.4 Å². The van der Waals surface area contributed by atoms with Gasteiger partial charge in [0, 0.05) is 18.3 Å². The molecule has 0 heterocycles. The summed E-state index contributed by atoms with van der Waals surface area (Å²) < 4.78 is 89.7. The van der Waals surface area contributed by atoms with E-state index in [-0.39, 0.29) is 10.7 Å². The Balaban J connectivity index is 3.20. The van der Waals surface area contributed by atoms with Crippen molar-refractivity contribution in [3.05, 3.63) is 65.0 Å². The molecule has 0 bridgehead atoms. The van der Waals surface area contributed by atoms with Gasteiger partial charge in [-0.2, -0.15) is 26.3 Å². The van der Waals surface area contributed by atoms with Gasteiger partial charge in [0.25, 0.3) is 0 Å². The maximum Gasteiger partial charge on any atom is 0.430 e. The normalized spacial score (nSPS) is 15.9. The van der Waals surface area contributed by atoms with Crippen molar-refractivity contribution in [1.29, 1.82) is 0 Å². The predicted octanol–water partition coefficient (Wildman–Crippen LogP) is 5.51. The molecule has 3 nitrogen and oxygen atoms in total. The lowest BCUT2D eigenvalue weighted by atomic mass is 10.1. The number of halogens is 8. The Morgan fingerprint density at radius 3 is 2.14 bits per heavy atom. The van der Waals surface area contributed by atoms with E-state index < -0.39 is 41.9 Å². The van der Waals surface area contributed by atoms with Gasteiger partial charge in [-0.1, -0.05) is 11.6 Å². The van der Waals surface area contributed by atoms with Crippen molar-refractivity contribution in [3.8, 4) is 0 Å². The van der Waals surface area contributed by atoms with Crippen LogP contribution < -0.4 is 11.5 Å². The second kappa shape index (κ2) is 9.63. The van der Waals surface area contributed by atoms with Crippen LogP contribution in [0.5, 0.6) is 0 Å². The standard InChI is InChI=1S/C17H15ClF7N3/c18-11(9-26)3-4-12(19)7-14(8-15(27)17(23,24)25)28-13-5-1-10(2-6-13)16(20,21)22/h1-6,8-9,12H,7,26-27H2/b4-3-,11-9+,15-8?,28-14?. The average Bonchev–Trinajstić information content (AvgIpc) is 2.58. The Morgan fingerprint density at radius 1 is 1.11 bits per heavy atom. The Kier molecular flexibility index (Phi) is 8.10. The van der Waals surface area contributed by atoms with Gasteiger partial charge in [0.2, 0.25) is 0 Å². The van der Waals surface area contributed by atoms with Crippen molar-refractivity contribution >= 4 is 23.0 Å². The van der Waals surface area contributed by atoms with Crippen LogP contribution in [0.1, 0.15) is 12.0 Å². The van der Waals surface area contributed by atoms with Gasteiger partial charge in [-0.3, -0.25) is 4.99 Å². The van der Waals surface area contributed by atoms with Crippen molar-refractivity contribution < 1.29 is 30.7 Å². The number of hydrogen-bond donors (Lipinski definition) is 2. The number of rotatable bonds is 6. The van der Waals surface area contributed by atoms with Crippen molar-refractivity contribution in [2.45, 2.75) is 24.9 Å². The molecular weight excluding hydrogens is 415 g/mol. The van der Waals surface area contributed by atoms with Gasteiger partial charge in [0.05, 0.1) is 16.3 Å². The Bertz CT molecular complexity index is 775. The highest BCUT2D eigenvalue weighted by Crippen LogP contribution is 2.30. The Labute approximate surface area is 160 Å². The molecule has 11 heteroatoms. The van der Waals surface area contributed by atoms with Crippen LogP contribution in [0, 0.1) is 0 Å². The van der Waals surface area contributed by atoms with Crippen LogP contribution in [-0.2, 0) is 6.18 Å². The summed E-state index contributed by atoms with van der Waals surface area (Å²) in [6.07, 6.45) is -8.49. The number of hydrogen-bond acceptors (Lipinski definition) is 3. The molecule has 0 saturated heterocycles. The number of benzene rings is 1. The average molecular weight is 430 g/mol. The highest BCUT2D eigenvalue weighted by atomic mass is 35.5. The first-order valence-electron chi connectivity index (χ1n) is 7.51. The lowest BCUT2D eigenvalue weighted by molar-refractivity contribution is -0.137. The fourth-order valence-corrected chi connectivity index (χ4v) is 1.88. The molecule has 0 aliphatic rings.